The maximum Gasteiger partial charge on any atom is 0.227 e. The largest absolute Gasteiger partial charge is 0.492 e. The Kier molecular flexibility index (Phi) is 6.26. The summed E-state index contributed by atoms with van der Waals surface area (Å²) >= 11 is 0. The molecule has 1 saturated heterocycles. The second-order valence-corrected chi connectivity index (χ2v) is 6.62. The third kappa shape index (κ3) is 4.48. The van der Waals surface area contributed by atoms with E-state index in [-0.39, 0.29) is 31.3 Å². The van der Waals surface area contributed by atoms with Crippen molar-refractivity contribution in [2.75, 3.05) is 24.6 Å². The van der Waals surface area contributed by atoms with E-state index < -0.39 is 17.8 Å². The highest BCUT2D eigenvalue weighted by molar-refractivity contribution is 6.01. The highest BCUT2D eigenvalue weighted by Crippen LogP contribution is 2.33. The summed E-state index contributed by atoms with van der Waals surface area (Å²) in [6.45, 7) is 2.52. The predicted octanol–water partition coefficient (Wildman–Crippen LogP) is 2.43. The van der Waals surface area contributed by atoms with Gasteiger partial charge in [-0.25, -0.2) is 4.39 Å². The number of hydrogen-bond acceptors (Lipinski definition) is 4. The van der Waals surface area contributed by atoms with E-state index in [1.165, 1.54) is 18.2 Å². The third-order valence-corrected chi connectivity index (χ3v) is 4.65. The molecule has 0 spiro atoms. The molecule has 0 aromatic heterocycles. The Hall–Kier alpha value is -2.93. The highest BCUT2D eigenvalue weighted by Gasteiger charge is 2.36. The van der Waals surface area contributed by atoms with Gasteiger partial charge in [-0.3, -0.25) is 9.59 Å². The van der Waals surface area contributed by atoms with Crippen LogP contribution in [0.3, 0.4) is 0 Å². The zero-order valence-corrected chi connectivity index (χ0v) is 15.6. The Morgan fingerprint density at radius 3 is 2.86 bits per heavy atom. The minimum Gasteiger partial charge on any atom is -0.492 e. The minimum absolute atomic E-state index is 0.0531. The first-order chi connectivity index (χ1) is 13.5. The zero-order chi connectivity index (χ0) is 20.1. The number of rotatable bonds is 7. The number of carbonyl (C=O) groups is 2. The average Bonchev–Trinajstić information content (AvgIpc) is 3.08. The van der Waals surface area contributed by atoms with Crippen molar-refractivity contribution in [2.24, 2.45) is 5.92 Å². The number of nitrogens with zero attached hydrogens (tertiary/aromatic N) is 1. The molecule has 0 radical (unpaired) electrons. The van der Waals surface area contributed by atoms with Crippen LogP contribution < -0.4 is 15.0 Å². The summed E-state index contributed by atoms with van der Waals surface area (Å²) in [5, 5.41) is 12.8. The van der Waals surface area contributed by atoms with Crippen molar-refractivity contribution in [1.82, 2.24) is 5.32 Å². The first-order valence-electron chi connectivity index (χ1n) is 9.23. The van der Waals surface area contributed by atoms with Crippen LogP contribution in [0.15, 0.2) is 48.5 Å². The van der Waals surface area contributed by atoms with Crippen molar-refractivity contribution in [3.05, 3.63) is 59.9 Å². The fourth-order valence-corrected chi connectivity index (χ4v) is 3.25. The first kappa shape index (κ1) is 19.8. The number of aliphatic hydroxyl groups is 1. The molecular weight excluding hydrogens is 363 g/mol. The van der Waals surface area contributed by atoms with E-state index in [2.05, 4.69) is 5.32 Å². The number of aliphatic hydroxyl groups excluding tert-OH is 1. The summed E-state index contributed by atoms with van der Waals surface area (Å²) in [5.74, 6) is -0.853. The van der Waals surface area contributed by atoms with E-state index in [0.717, 1.165) is 0 Å². The Morgan fingerprint density at radius 2 is 2.11 bits per heavy atom. The van der Waals surface area contributed by atoms with Crippen LogP contribution in [0, 0.1) is 11.7 Å². The van der Waals surface area contributed by atoms with Crippen LogP contribution in [0.5, 0.6) is 5.75 Å². The van der Waals surface area contributed by atoms with Crippen LogP contribution in [0.2, 0.25) is 0 Å². The minimum atomic E-state index is -1.02. The number of anilines is 1. The molecule has 2 aromatic carbocycles. The monoisotopic (exact) mass is 386 g/mol. The van der Waals surface area contributed by atoms with Crippen molar-refractivity contribution in [3.8, 4) is 5.75 Å². The average molecular weight is 386 g/mol. The van der Waals surface area contributed by atoms with Crippen LogP contribution >= 0.6 is 0 Å². The third-order valence-electron chi connectivity index (χ3n) is 4.65. The van der Waals surface area contributed by atoms with Gasteiger partial charge >= 0.3 is 0 Å². The molecule has 0 saturated carbocycles. The van der Waals surface area contributed by atoms with Gasteiger partial charge in [-0.15, -0.1) is 0 Å². The molecule has 148 valence electrons. The van der Waals surface area contributed by atoms with Gasteiger partial charge in [-0.05, 0) is 36.8 Å². The molecule has 1 heterocycles. The molecule has 2 N–H and O–H groups in total. The summed E-state index contributed by atoms with van der Waals surface area (Å²) in [4.78, 5) is 26.5. The van der Waals surface area contributed by atoms with Crippen LogP contribution in [0.1, 0.15) is 25.0 Å². The molecule has 2 amide bonds. The van der Waals surface area contributed by atoms with Gasteiger partial charge in [-0.1, -0.05) is 24.3 Å². The molecule has 7 heteroatoms. The maximum absolute atomic E-state index is 13.3. The van der Waals surface area contributed by atoms with E-state index in [1.807, 2.05) is 19.1 Å². The normalized spacial score (nSPS) is 17.5. The molecule has 2 atom stereocenters. The van der Waals surface area contributed by atoms with Crippen LogP contribution in [0.25, 0.3) is 0 Å². The Labute approximate surface area is 162 Å². The molecule has 1 fully saturated rings. The molecule has 6 nitrogen and oxygen atoms in total. The van der Waals surface area contributed by atoms with Crippen LogP contribution in [-0.2, 0) is 9.59 Å². The van der Waals surface area contributed by atoms with Gasteiger partial charge in [-0.2, -0.15) is 0 Å². The summed E-state index contributed by atoms with van der Waals surface area (Å²) < 4.78 is 18.8. The Morgan fingerprint density at radius 1 is 1.32 bits per heavy atom. The lowest BCUT2D eigenvalue weighted by atomic mass is 10.1. The van der Waals surface area contributed by atoms with Gasteiger partial charge in [0.05, 0.1) is 24.3 Å². The van der Waals surface area contributed by atoms with Gasteiger partial charge < -0.3 is 20.1 Å². The molecular formula is C21H23FN2O4. The number of nitrogens with one attached hydrogen (secondary N) is 1. The molecule has 28 heavy (non-hydrogen) atoms. The fourth-order valence-electron chi connectivity index (χ4n) is 3.25. The summed E-state index contributed by atoms with van der Waals surface area (Å²) in [7, 11) is 0. The number of para-hydroxylation sites is 2. The van der Waals surface area contributed by atoms with Gasteiger partial charge in [0.2, 0.25) is 11.8 Å². The first-order valence-corrected chi connectivity index (χ1v) is 9.23. The molecule has 2 aromatic rings. The van der Waals surface area contributed by atoms with Gasteiger partial charge in [0.15, 0.2) is 0 Å². The van der Waals surface area contributed by atoms with E-state index in [4.69, 9.17) is 4.74 Å². The quantitative estimate of drug-likeness (QED) is 0.766. The molecule has 1 aliphatic heterocycles. The van der Waals surface area contributed by atoms with E-state index in [1.54, 1.807) is 23.1 Å². The number of amides is 2. The van der Waals surface area contributed by atoms with E-state index in [9.17, 15) is 19.1 Å². The van der Waals surface area contributed by atoms with E-state index >= 15 is 0 Å². The molecule has 0 bridgehead atoms. The number of halogens is 1. The number of ether oxygens (including phenoxy) is 1. The Balaban J connectivity index is 1.61. The summed E-state index contributed by atoms with van der Waals surface area (Å²) in [6, 6.07) is 12.8. The second kappa shape index (κ2) is 8.84. The van der Waals surface area contributed by atoms with Crippen LogP contribution in [0.4, 0.5) is 10.1 Å². The van der Waals surface area contributed by atoms with Crippen molar-refractivity contribution in [2.45, 2.75) is 19.4 Å². The number of carbonyl (C=O) groups excluding carboxylic acids is 2. The highest BCUT2D eigenvalue weighted by atomic mass is 19.1. The molecule has 1 aliphatic rings. The van der Waals surface area contributed by atoms with Gasteiger partial charge in [0.1, 0.15) is 11.6 Å². The topological polar surface area (TPSA) is 78.9 Å². The lowest BCUT2D eigenvalue weighted by Crippen LogP contribution is -2.35. The van der Waals surface area contributed by atoms with Crippen molar-refractivity contribution >= 4 is 17.5 Å². The predicted molar refractivity (Wildman–Crippen MR) is 102 cm³/mol. The van der Waals surface area contributed by atoms with Crippen LogP contribution in [-0.4, -0.2) is 36.6 Å². The van der Waals surface area contributed by atoms with Crippen molar-refractivity contribution < 1.29 is 23.8 Å². The SMILES string of the molecule is CCOc1ccccc1N1CC(C(=O)NCC(O)c2cccc(F)c2)CC1=O. The van der Waals surface area contributed by atoms with Crippen molar-refractivity contribution in [1.29, 1.82) is 0 Å². The zero-order valence-electron chi connectivity index (χ0n) is 15.6. The number of benzene rings is 2. The lowest BCUT2D eigenvalue weighted by molar-refractivity contribution is -0.126. The van der Waals surface area contributed by atoms with Gasteiger partial charge in [0, 0.05) is 19.5 Å². The van der Waals surface area contributed by atoms with Crippen molar-refractivity contribution in [3.63, 3.8) is 0 Å². The summed E-state index contributed by atoms with van der Waals surface area (Å²) in [5.41, 5.74) is 1.03. The maximum atomic E-state index is 13.3. The standard InChI is InChI=1S/C21H23FN2O4/c1-2-28-19-9-4-3-8-17(19)24-13-15(11-20(24)26)21(27)23-12-18(25)14-6-5-7-16(22)10-14/h3-10,15,18,25H,2,11-13H2,1H3,(H,23,27). The second-order valence-electron chi connectivity index (χ2n) is 6.62. The number of hydrogen-bond donors (Lipinski definition) is 2. The fraction of sp³-hybridized carbons (Fsp3) is 0.333. The molecule has 2 unspecified atom stereocenters. The smallest absolute Gasteiger partial charge is 0.227 e. The van der Waals surface area contributed by atoms with Gasteiger partial charge in [0.25, 0.3) is 0 Å². The van der Waals surface area contributed by atoms with E-state index in [0.29, 0.717) is 23.6 Å². The Bertz CT molecular complexity index is 858. The molecule has 0 aliphatic carbocycles. The summed E-state index contributed by atoms with van der Waals surface area (Å²) in [6.07, 6.45) is -0.936. The lowest BCUT2D eigenvalue weighted by Gasteiger charge is -2.20. The molecule has 3 rings (SSSR count).